The van der Waals surface area contributed by atoms with Crippen LogP contribution in [0, 0.1) is 0 Å². The number of nitrogens with zero attached hydrogens (tertiary/aromatic N) is 2. The topological polar surface area (TPSA) is 64.0 Å². The maximum Gasteiger partial charge on any atom is 0.148 e. The summed E-state index contributed by atoms with van der Waals surface area (Å²) < 4.78 is 24.7. The number of nitrogens with one attached hydrogen (secondary N) is 1. The Morgan fingerprint density at radius 1 is 1.47 bits per heavy atom. The lowest BCUT2D eigenvalue weighted by molar-refractivity contribution is 0.525. The summed E-state index contributed by atoms with van der Waals surface area (Å²) in [6.07, 6.45) is 5.58. The van der Waals surface area contributed by atoms with Crippen LogP contribution < -0.4 is 5.32 Å². The van der Waals surface area contributed by atoms with Crippen molar-refractivity contribution in [2.75, 3.05) is 18.6 Å². The molecule has 0 saturated carbocycles. The van der Waals surface area contributed by atoms with Crippen molar-refractivity contribution < 1.29 is 8.42 Å². The van der Waals surface area contributed by atoms with Gasteiger partial charge in [-0.3, -0.25) is 0 Å². The first-order valence-electron chi connectivity index (χ1n) is 5.87. The highest BCUT2D eigenvalue weighted by Crippen LogP contribution is 2.04. The maximum atomic E-state index is 11.3. The molecule has 0 aliphatic heterocycles. The zero-order valence-electron chi connectivity index (χ0n) is 10.7. The summed E-state index contributed by atoms with van der Waals surface area (Å²) in [6.45, 7) is 5.63. The average Bonchev–Trinajstić information content (AvgIpc) is 2.63. The van der Waals surface area contributed by atoms with E-state index in [-0.39, 0.29) is 11.8 Å². The Bertz CT molecular complexity index is 439. The number of aryl methyl sites for hydroxylation is 1. The molecule has 17 heavy (non-hydrogen) atoms. The Labute approximate surface area is 103 Å². The van der Waals surface area contributed by atoms with E-state index in [1.165, 1.54) is 6.26 Å². The predicted molar refractivity (Wildman–Crippen MR) is 68.8 cm³/mol. The van der Waals surface area contributed by atoms with E-state index >= 15 is 0 Å². The normalized spacial score (nSPS) is 13.8. The van der Waals surface area contributed by atoms with Crippen molar-refractivity contribution in [1.82, 2.24) is 14.9 Å². The van der Waals surface area contributed by atoms with Gasteiger partial charge in [-0.05, 0) is 13.5 Å². The molecule has 0 aliphatic carbocycles. The van der Waals surface area contributed by atoms with E-state index in [1.54, 1.807) is 6.20 Å². The number of sulfone groups is 1. The molecule has 0 aliphatic rings. The molecule has 1 atom stereocenters. The second-order valence-corrected chi connectivity index (χ2v) is 6.37. The van der Waals surface area contributed by atoms with Crippen LogP contribution in [0.15, 0.2) is 12.4 Å². The average molecular weight is 259 g/mol. The highest BCUT2D eigenvalue weighted by molar-refractivity contribution is 7.90. The molecule has 1 rings (SSSR count). The number of imidazole rings is 1. The molecule has 0 radical (unpaired) electrons. The molecule has 0 fully saturated rings. The van der Waals surface area contributed by atoms with Crippen LogP contribution in [-0.2, 0) is 22.8 Å². The lowest BCUT2D eigenvalue weighted by Gasteiger charge is -2.17. The molecule has 1 aromatic rings. The Morgan fingerprint density at radius 2 is 2.18 bits per heavy atom. The first-order valence-corrected chi connectivity index (χ1v) is 7.93. The first-order chi connectivity index (χ1) is 7.96. The van der Waals surface area contributed by atoms with E-state index in [0.717, 1.165) is 18.9 Å². The molecule has 0 bridgehead atoms. The highest BCUT2D eigenvalue weighted by Gasteiger charge is 2.17. The molecule has 1 aromatic heterocycles. The number of hydrogen-bond acceptors (Lipinski definition) is 4. The molecule has 0 spiro atoms. The number of likely N-dealkylation sites (N-methyl/N-ethyl adjacent to an activating group) is 1. The van der Waals surface area contributed by atoms with Crippen molar-refractivity contribution in [3.63, 3.8) is 0 Å². The minimum Gasteiger partial charge on any atom is -0.335 e. The van der Waals surface area contributed by atoms with Gasteiger partial charge in [-0.25, -0.2) is 13.4 Å². The molecule has 1 N–H and O–H groups in total. The van der Waals surface area contributed by atoms with Gasteiger partial charge in [0, 0.05) is 37.7 Å². The number of rotatable bonds is 7. The first kappa shape index (κ1) is 14.2. The molecule has 5 nitrogen and oxygen atoms in total. The highest BCUT2D eigenvalue weighted by atomic mass is 32.2. The van der Waals surface area contributed by atoms with E-state index in [1.807, 2.05) is 24.6 Å². The van der Waals surface area contributed by atoms with Crippen LogP contribution in [0.3, 0.4) is 0 Å². The molecule has 1 heterocycles. The quantitative estimate of drug-likeness (QED) is 0.773. The van der Waals surface area contributed by atoms with Crippen molar-refractivity contribution in [2.24, 2.45) is 0 Å². The van der Waals surface area contributed by atoms with Crippen molar-refractivity contribution in [1.29, 1.82) is 0 Å². The molecule has 0 saturated heterocycles. The molecule has 98 valence electrons. The van der Waals surface area contributed by atoms with Crippen molar-refractivity contribution in [3.8, 4) is 0 Å². The predicted octanol–water partition coefficient (Wildman–Crippen LogP) is 0.468. The molecule has 0 aromatic carbocycles. The minimum absolute atomic E-state index is 0.0669. The van der Waals surface area contributed by atoms with Crippen LogP contribution in [-0.4, -0.2) is 42.6 Å². The zero-order chi connectivity index (χ0) is 12.9. The van der Waals surface area contributed by atoms with E-state index < -0.39 is 9.84 Å². The Hall–Kier alpha value is -0.880. The van der Waals surface area contributed by atoms with Crippen LogP contribution in [0.5, 0.6) is 0 Å². The molecule has 6 heteroatoms. The van der Waals surface area contributed by atoms with E-state index in [2.05, 4.69) is 10.3 Å². The molecule has 1 unspecified atom stereocenters. The summed E-state index contributed by atoms with van der Waals surface area (Å²) in [7, 11) is -2.97. The minimum atomic E-state index is -2.97. The number of hydrogen-bond donors (Lipinski definition) is 1. The monoisotopic (exact) mass is 259 g/mol. The van der Waals surface area contributed by atoms with Crippen LogP contribution in [0.4, 0.5) is 0 Å². The SMILES string of the molecule is CCNC(Cc1nccn1CC)CS(C)(=O)=O. The zero-order valence-corrected chi connectivity index (χ0v) is 11.5. The van der Waals surface area contributed by atoms with Crippen molar-refractivity contribution >= 4 is 9.84 Å². The third-order valence-electron chi connectivity index (χ3n) is 2.57. The van der Waals surface area contributed by atoms with Gasteiger partial charge in [0.05, 0.1) is 5.75 Å². The Morgan fingerprint density at radius 3 is 2.71 bits per heavy atom. The Kier molecular flexibility index (Phi) is 5.14. The largest absolute Gasteiger partial charge is 0.335 e. The molecule has 0 amide bonds. The van der Waals surface area contributed by atoms with Gasteiger partial charge < -0.3 is 9.88 Å². The lowest BCUT2D eigenvalue weighted by Crippen LogP contribution is -2.37. The standard InChI is InChI=1S/C11H21N3O2S/c1-4-12-10(9-17(3,15)16)8-11-13-6-7-14(11)5-2/h6-7,10,12H,4-5,8-9H2,1-3H3. The van der Waals surface area contributed by atoms with Gasteiger partial charge in [-0.15, -0.1) is 0 Å². The summed E-state index contributed by atoms with van der Waals surface area (Å²) in [5, 5.41) is 3.20. The lowest BCUT2D eigenvalue weighted by atomic mass is 10.2. The molecular weight excluding hydrogens is 238 g/mol. The second kappa shape index (κ2) is 6.16. The van der Waals surface area contributed by atoms with Gasteiger partial charge in [0.25, 0.3) is 0 Å². The van der Waals surface area contributed by atoms with Crippen LogP contribution in [0.25, 0.3) is 0 Å². The maximum absolute atomic E-state index is 11.3. The summed E-state index contributed by atoms with van der Waals surface area (Å²) >= 11 is 0. The van der Waals surface area contributed by atoms with Crippen LogP contribution in [0.2, 0.25) is 0 Å². The van der Waals surface area contributed by atoms with Gasteiger partial charge in [0.2, 0.25) is 0 Å². The summed E-state index contributed by atoms with van der Waals surface area (Å²) in [6, 6.07) is -0.0669. The van der Waals surface area contributed by atoms with E-state index in [4.69, 9.17) is 0 Å². The van der Waals surface area contributed by atoms with Crippen molar-refractivity contribution in [2.45, 2.75) is 32.9 Å². The van der Waals surface area contributed by atoms with Gasteiger partial charge in [-0.2, -0.15) is 0 Å². The van der Waals surface area contributed by atoms with Gasteiger partial charge in [0.15, 0.2) is 0 Å². The van der Waals surface area contributed by atoms with Crippen molar-refractivity contribution in [3.05, 3.63) is 18.2 Å². The third kappa shape index (κ3) is 4.87. The fourth-order valence-electron chi connectivity index (χ4n) is 1.88. The smallest absolute Gasteiger partial charge is 0.148 e. The summed E-state index contributed by atoms with van der Waals surface area (Å²) in [4.78, 5) is 4.27. The van der Waals surface area contributed by atoms with Gasteiger partial charge in [0.1, 0.15) is 15.7 Å². The molecular formula is C11H21N3O2S. The fourth-order valence-corrected chi connectivity index (χ4v) is 2.85. The number of aromatic nitrogens is 2. The second-order valence-electron chi connectivity index (χ2n) is 4.18. The van der Waals surface area contributed by atoms with E-state index in [0.29, 0.717) is 6.42 Å². The summed E-state index contributed by atoms with van der Waals surface area (Å²) in [5.41, 5.74) is 0. The Balaban J connectivity index is 2.73. The van der Waals surface area contributed by atoms with Gasteiger partial charge >= 0.3 is 0 Å². The van der Waals surface area contributed by atoms with Crippen LogP contribution >= 0.6 is 0 Å². The van der Waals surface area contributed by atoms with Gasteiger partial charge in [-0.1, -0.05) is 6.92 Å². The van der Waals surface area contributed by atoms with Crippen LogP contribution in [0.1, 0.15) is 19.7 Å². The third-order valence-corrected chi connectivity index (χ3v) is 3.58. The summed E-state index contributed by atoms with van der Waals surface area (Å²) in [5.74, 6) is 1.08. The fraction of sp³-hybridized carbons (Fsp3) is 0.727. The van der Waals surface area contributed by atoms with E-state index in [9.17, 15) is 8.42 Å².